The third kappa shape index (κ3) is 1.61. The summed E-state index contributed by atoms with van der Waals surface area (Å²) in [4.78, 5) is 15.1. The zero-order valence-corrected chi connectivity index (χ0v) is 6.66. The van der Waals surface area contributed by atoms with E-state index in [9.17, 15) is 4.79 Å². The summed E-state index contributed by atoms with van der Waals surface area (Å²) in [6.07, 6.45) is 5.41. The largest absolute Gasteiger partial charge is 0.324 e. The predicted molar refractivity (Wildman–Crippen MR) is 45.6 cm³/mol. The van der Waals surface area contributed by atoms with E-state index < -0.39 is 0 Å². The van der Waals surface area contributed by atoms with Crippen LogP contribution < -0.4 is 5.32 Å². The van der Waals surface area contributed by atoms with Crippen molar-refractivity contribution in [3.8, 4) is 0 Å². The van der Waals surface area contributed by atoms with Crippen molar-refractivity contribution in [3.05, 3.63) is 24.5 Å². The first kappa shape index (κ1) is 7.28. The van der Waals surface area contributed by atoms with Gasteiger partial charge in [0, 0.05) is 12.1 Å². The molecule has 1 N–H and O–H groups in total. The fourth-order valence-electron chi connectivity index (χ4n) is 1.03. The Morgan fingerprint density at radius 1 is 1.58 bits per heavy atom. The molecule has 0 radical (unpaired) electrons. The third-order valence-electron chi connectivity index (χ3n) is 1.88. The Bertz CT molecular complexity index is 280. The highest BCUT2D eigenvalue weighted by atomic mass is 16.2. The molecule has 3 nitrogen and oxygen atoms in total. The van der Waals surface area contributed by atoms with E-state index in [1.165, 1.54) is 0 Å². The molecule has 1 heterocycles. The van der Waals surface area contributed by atoms with E-state index in [0.717, 1.165) is 18.5 Å². The monoisotopic (exact) mass is 162 g/mol. The van der Waals surface area contributed by atoms with Gasteiger partial charge in [0.05, 0.1) is 11.9 Å². The smallest absolute Gasteiger partial charge is 0.227 e. The number of rotatable bonds is 2. The molecule has 0 spiro atoms. The normalized spacial score (nSPS) is 15.7. The third-order valence-corrected chi connectivity index (χ3v) is 1.88. The molecule has 1 amide bonds. The zero-order valence-electron chi connectivity index (χ0n) is 6.66. The molecule has 2 rings (SSSR count). The van der Waals surface area contributed by atoms with Crippen LogP contribution in [0.25, 0.3) is 0 Å². The Labute approximate surface area is 70.8 Å². The summed E-state index contributed by atoms with van der Waals surface area (Å²) in [6, 6.07) is 3.65. The summed E-state index contributed by atoms with van der Waals surface area (Å²) in [5, 5.41) is 2.80. The molecule has 1 saturated carbocycles. The van der Waals surface area contributed by atoms with E-state index in [1.54, 1.807) is 12.4 Å². The Hall–Kier alpha value is -1.38. The number of hydrogen-bond donors (Lipinski definition) is 1. The lowest BCUT2D eigenvalue weighted by molar-refractivity contribution is -0.117. The average molecular weight is 162 g/mol. The van der Waals surface area contributed by atoms with E-state index in [1.807, 2.05) is 12.1 Å². The molecule has 0 aromatic carbocycles. The number of hydrogen-bond acceptors (Lipinski definition) is 2. The number of nitrogens with zero attached hydrogens (tertiary/aromatic N) is 1. The maximum atomic E-state index is 11.2. The average Bonchev–Trinajstić information content (AvgIpc) is 2.88. The van der Waals surface area contributed by atoms with Crippen molar-refractivity contribution in [1.29, 1.82) is 0 Å². The van der Waals surface area contributed by atoms with Gasteiger partial charge in [-0.05, 0) is 25.0 Å². The van der Waals surface area contributed by atoms with Gasteiger partial charge in [-0.25, -0.2) is 0 Å². The van der Waals surface area contributed by atoms with Gasteiger partial charge >= 0.3 is 0 Å². The molecule has 62 valence electrons. The predicted octanol–water partition coefficient (Wildman–Crippen LogP) is 1.43. The van der Waals surface area contributed by atoms with E-state index in [0.29, 0.717) is 0 Å². The summed E-state index contributed by atoms with van der Waals surface area (Å²) in [5.41, 5.74) is 0.786. The highest BCUT2D eigenvalue weighted by molar-refractivity contribution is 5.93. The highest BCUT2D eigenvalue weighted by Gasteiger charge is 2.29. The Kier molecular flexibility index (Phi) is 1.78. The molecule has 0 saturated heterocycles. The number of amides is 1. The van der Waals surface area contributed by atoms with Gasteiger partial charge in [0.2, 0.25) is 5.91 Å². The second-order valence-electron chi connectivity index (χ2n) is 3.01. The molecule has 1 aromatic rings. The summed E-state index contributed by atoms with van der Waals surface area (Å²) in [6.45, 7) is 0. The molecule has 0 atom stereocenters. The van der Waals surface area contributed by atoms with Gasteiger partial charge in [-0.2, -0.15) is 0 Å². The number of anilines is 1. The quantitative estimate of drug-likeness (QED) is 0.714. The molecule has 1 aromatic heterocycles. The number of carbonyl (C=O) groups excluding carboxylic acids is 1. The maximum absolute atomic E-state index is 11.2. The van der Waals surface area contributed by atoms with Crippen molar-refractivity contribution in [2.75, 3.05) is 5.32 Å². The summed E-state index contributed by atoms with van der Waals surface area (Å²) >= 11 is 0. The van der Waals surface area contributed by atoms with Crippen molar-refractivity contribution in [1.82, 2.24) is 4.98 Å². The second-order valence-corrected chi connectivity index (χ2v) is 3.01. The van der Waals surface area contributed by atoms with Gasteiger partial charge in [0.1, 0.15) is 0 Å². The molecule has 1 aliphatic carbocycles. The first-order valence-electron chi connectivity index (χ1n) is 4.07. The van der Waals surface area contributed by atoms with Crippen LogP contribution in [0.5, 0.6) is 0 Å². The fourth-order valence-corrected chi connectivity index (χ4v) is 1.03. The van der Waals surface area contributed by atoms with E-state index in [4.69, 9.17) is 0 Å². The molecule has 1 fully saturated rings. The van der Waals surface area contributed by atoms with Crippen LogP contribution in [0, 0.1) is 5.92 Å². The summed E-state index contributed by atoms with van der Waals surface area (Å²) < 4.78 is 0. The Morgan fingerprint density at radius 3 is 3.00 bits per heavy atom. The molecular weight excluding hydrogens is 152 g/mol. The minimum absolute atomic E-state index is 0.128. The Morgan fingerprint density at radius 2 is 2.42 bits per heavy atom. The van der Waals surface area contributed by atoms with Gasteiger partial charge in [0.25, 0.3) is 0 Å². The van der Waals surface area contributed by atoms with Crippen molar-refractivity contribution >= 4 is 11.6 Å². The molecule has 1 aliphatic rings. The molecule has 3 heteroatoms. The maximum Gasteiger partial charge on any atom is 0.227 e. The topological polar surface area (TPSA) is 42.0 Å². The van der Waals surface area contributed by atoms with Crippen LogP contribution >= 0.6 is 0 Å². The van der Waals surface area contributed by atoms with Gasteiger partial charge < -0.3 is 5.32 Å². The SMILES string of the molecule is O=C(Nc1cccnc1)C1CC1. The fraction of sp³-hybridized carbons (Fsp3) is 0.333. The minimum atomic E-state index is 0.128. The summed E-state index contributed by atoms with van der Waals surface area (Å²) in [5.74, 6) is 0.383. The number of carbonyl (C=O) groups is 1. The second kappa shape index (κ2) is 2.93. The Balaban J connectivity index is 1.98. The van der Waals surface area contributed by atoms with Gasteiger partial charge in [0.15, 0.2) is 0 Å². The number of aromatic nitrogens is 1. The standard InChI is InChI=1S/C9H10N2O/c12-9(7-3-4-7)11-8-2-1-5-10-6-8/h1-2,5-7H,3-4H2,(H,11,12). The van der Waals surface area contributed by atoms with Gasteiger partial charge in [-0.15, -0.1) is 0 Å². The lowest BCUT2D eigenvalue weighted by atomic mass is 10.3. The minimum Gasteiger partial charge on any atom is -0.324 e. The van der Waals surface area contributed by atoms with E-state index in [2.05, 4.69) is 10.3 Å². The number of nitrogens with one attached hydrogen (secondary N) is 1. The molecule has 0 bridgehead atoms. The van der Waals surface area contributed by atoms with Crippen LogP contribution in [0.15, 0.2) is 24.5 Å². The van der Waals surface area contributed by atoms with Crippen LogP contribution in [-0.4, -0.2) is 10.9 Å². The van der Waals surface area contributed by atoms with E-state index in [-0.39, 0.29) is 11.8 Å². The molecule has 0 aliphatic heterocycles. The highest BCUT2D eigenvalue weighted by Crippen LogP contribution is 2.29. The first-order chi connectivity index (χ1) is 5.86. The van der Waals surface area contributed by atoms with Crippen LogP contribution in [0.3, 0.4) is 0 Å². The van der Waals surface area contributed by atoms with Crippen molar-refractivity contribution in [2.24, 2.45) is 5.92 Å². The van der Waals surface area contributed by atoms with Crippen molar-refractivity contribution < 1.29 is 4.79 Å². The summed E-state index contributed by atoms with van der Waals surface area (Å²) in [7, 11) is 0. The lowest BCUT2D eigenvalue weighted by Gasteiger charge is -2.01. The van der Waals surface area contributed by atoms with Crippen LogP contribution in [0.2, 0.25) is 0 Å². The van der Waals surface area contributed by atoms with Crippen molar-refractivity contribution in [3.63, 3.8) is 0 Å². The van der Waals surface area contributed by atoms with E-state index >= 15 is 0 Å². The first-order valence-corrected chi connectivity index (χ1v) is 4.07. The zero-order chi connectivity index (χ0) is 8.39. The van der Waals surface area contributed by atoms with Gasteiger partial charge in [-0.1, -0.05) is 0 Å². The molecule has 12 heavy (non-hydrogen) atoms. The van der Waals surface area contributed by atoms with Gasteiger partial charge in [-0.3, -0.25) is 9.78 Å². The van der Waals surface area contributed by atoms with Crippen LogP contribution in [-0.2, 0) is 4.79 Å². The van der Waals surface area contributed by atoms with Crippen LogP contribution in [0.1, 0.15) is 12.8 Å². The molecular formula is C9H10N2O. The lowest BCUT2D eigenvalue weighted by Crippen LogP contribution is -2.13. The van der Waals surface area contributed by atoms with Crippen molar-refractivity contribution in [2.45, 2.75) is 12.8 Å². The van der Waals surface area contributed by atoms with Crippen LogP contribution in [0.4, 0.5) is 5.69 Å². The number of pyridine rings is 1. The molecule has 0 unspecified atom stereocenters.